The lowest BCUT2D eigenvalue weighted by Crippen LogP contribution is -2.05. The van der Waals surface area contributed by atoms with Crippen molar-refractivity contribution in [2.24, 2.45) is 0 Å². The maximum Gasteiger partial charge on any atom is 0.472 e. The third-order valence-electron chi connectivity index (χ3n) is 1.25. The fraction of sp³-hybridized carbons (Fsp3) is 0.625. The van der Waals surface area contributed by atoms with Gasteiger partial charge in [-0.1, -0.05) is 6.58 Å². The molecule has 0 rings (SSSR count). The average molecular weight is 238 g/mol. The van der Waals surface area contributed by atoms with Gasteiger partial charge in [0.25, 0.3) is 0 Å². The first-order valence-corrected chi connectivity index (χ1v) is 5.92. The molecule has 1 N–H and O–H groups in total. The van der Waals surface area contributed by atoms with E-state index in [1.54, 1.807) is 6.92 Å². The summed E-state index contributed by atoms with van der Waals surface area (Å²) in [6.45, 7) is 4.98. The van der Waals surface area contributed by atoms with Crippen molar-refractivity contribution in [3.05, 3.63) is 12.7 Å². The van der Waals surface area contributed by atoms with Crippen LogP contribution in [-0.4, -0.2) is 30.7 Å². The summed E-state index contributed by atoms with van der Waals surface area (Å²) in [7, 11) is -3.92. The molecule has 0 aliphatic heterocycles. The van der Waals surface area contributed by atoms with Gasteiger partial charge in [0.15, 0.2) is 0 Å². The van der Waals surface area contributed by atoms with E-state index in [1.165, 1.54) is 0 Å². The number of hydrogen-bond donors (Lipinski definition) is 1. The second kappa shape index (κ2) is 7.59. The van der Waals surface area contributed by atoms with Crippen LogP contribution in [0.1, 0.15) is 13.3 Å². The summed E-state index contributed by atoms with van der Waals surface area (Å²) in [5.41, 5.74) is 0. The minimum absolute atomic E-state index is 0.0157. The first-order valence-electron chi connectivity index (χ1n) is 4.43. The first-order chi connectivity index (χ1) is 7.02. The van der Waals surface area contributed by atoms with Gasteiger partial charge in [0, 0.05) is 12.5 Å². The van der Waals surface area contributed by atoms with Crippen LogP contribution in [-0.2, 0) is 23.1 Å². The highest BCUT2D eigenvalue weighted by atomic mass is 31.2. The van der Waals surface area contributed by atoms with Gasteiger partial charge in [0.1, 0.15) is 0 Å². The van der Waals surface area contributed by atoms with Gasteiger partial charge in [-0.05, 0) is 6.92 Å². The minimum atomic E-state index is -3.92. The number of ether oxygens (including phenoxy) is 1. The van der Waals surface area contributed by atoms with Gasteiger partial charge in [-0.3, -0.25) is 9.05 Å². The fourth-order valence-electron chi connectivity index (χ4n) is 0.671. The van der Waals surface area contributed by atoms with E-state index in [0.29, 0.717) is 6.42 Å². The van der Waals surface area contributed by atoms with Gasteiger partial charge >= 0.3 is 13.8 Å². The van der Waals surface area contributed by atoms with Crippen LogP contribution in [0.15, 0.2) is 12.7 Å². The van der Waals surface area contributed by atoms with Gasteiger partial charge in [0.05, 0.1) is 19.8 Å². The van der Waals surface area contributed by atoms with Crippen molar-refractivity contribution in [1.29, 1.82) is 0 Å². The van der Waals surface area contributed by atoms with Crippen molar-refractivity contribution < 1.29 is 28.0 Å². The van der Waals surface area contributed by atoms with Crippen molar-refractivity contribution >= 4 is 13.8 Å². The van der Waals surface area contributed by atoms with Crippen LogP contribution < -0.4 is 0 Å². The summed E-state index contributed by atoms with van der Waals surface area (Å²) in [6.07, 6.45) is 1.36. The lowest BCUT2D eigenvalue weighted by atomic mass is 10.5. The quantitative estimate of drug-likeness (QED) is 0.296. The van der Waals surface area contributed by atoms with E-state index in [0.717, 1.165) is 6.08 Å². The van der Waals surface area contributed by atoms with Crippen LogP contribution in [0.2, 0.25) is 0 Å². The van der Waals surface area contributed by atoms with E-state index in [1.807, 2.05) is 0 Å². The molecule has 1 unspecified atom stereocenters. The highest BCUT2D eigenvalue weighted by Crippen LogP contribution is 2.42. The lowest BCUT2D eigenvalue weighted by molar-refractivity contribution is -0.137. The number of hydrogen-bond acceptors (Lipinski definition) is 5. The Morgan fingerprint density at radius 3 is 2.67 bits per heavy atom. The molecular weight excluding hydrogens is 223 g/mol. The van der Waals surface area contributed by atoms with Gasteiger partial charge < -0.3 is 9.63 Å². The van der Waals surface area contributed by atoms with Crippen molar-refractivity contribution in [2.45, 2.75) is 13.3 Å². The predicted octanol–water partition coefficient (Wildman–Crippen LogP) is 1.26. The van der Waals surface area contributed by atoms with Crippen molar-refractivity contribution in [2.75, 3.05) is 19.8 Å². The molecule has 1 atom stereocenters. The predicted molar refractivity (Wildman–Crippen MR) is 53.2 cm³/mol. The molecule has 0 bridgehead atoms. The van der Waals surface area contributed by atoms with Crippen molar-refractivity contribution in [3.63, 3.8) is 0 Å². The van der Waals surface area contributed by atoms with E-state index >= 15 is 0 Å². The molecular formula is C8H15O6P. The summed E-state index contributed by atoms with van der Waals surface area (Å²) < 4.78 is 24.6. The Kier molecular flexibility index (Phi) is 7.25. The van der Waals surface area contributed by atoms with Crippen molar-refractivity contribution in [3.8, 4) is 0 Å². The lowest BCUT2D eigenvalue weighted by Gasteiger charge is -2.10. The van der Waals surface area contributed by atoms with Crippen LogP contribution in [0.5, 0.6) is 0 Å². The normalized spacial score (nSPS) is 14.3. The molecule has 88 valence electrons. The topological polar surface area (TPSA) is 82.1 Å². The largest absolute Gasteiger partial charge is 0.472 e. The minimum Gasteiger partial charge on any atom is -0.462 e. The highest BCUT2D eigenvalue weighted by Gasteiger charge is 2.18. The number of carbonyl (C=O) groups excluding carboxylic acids is 1. The molecule has 0 spiro atoms. The maximum atomic E-state index is 11.0. The van der Waals surface area contributed by atoms with E-state index < -0.39 is 13.8 Å². The molecule has 0 aromatic carbocycles. The number of phosphoric ester groups is 1. The van der Waals surface area contributed by atoms with Crippen LogP contribution in [0.3, 0.4) is 0 Å². The Labute approximate surface area is 88.5 Å². The second-order valence-electron chi connectivity index (χ2n) is 2.44. The number of phosphoric acid groups is 1. The van der Waals surface area contributed by atoms with Crippen LogP contribution in [0.25, 0.3) is 0 Å². The molecule has 0 aliphatic carbocycles. The molecule has 0 saturated carbocycles. The molecule has 7 heteroatoms. The van der Waals surface area contributed by atoms with E-state index in [4.69, 9.17) is 4.89 Å². The van der Waals surface area contributed by atoms with E-state index in [9.17, 15) is 9.36 Å². The van der Waals surface area contributed by atoms with E-state index in [-0.39, 0.29) is 19.8 Å². The summed E-state index contributed by atoms with van der Waals surface area (Å²) in [5.74, 6) is -0.535. The first kappa shape index (κ1) is 14.3. The van der Waals surface area contributed by atoms with Crippen molar-refractivity contribution in [1.82, 2.24) is 0 Å². The molecule has 0 amide bonds. The Bertz CT molecular complexity index is 252. The molecule has 0 aromatic heterocycles. The van der Waals surface area contributed by atoms with Gasteiger partial charge in [-0.2, -0.15) is 0 Å². The third-order valence-corrected chi connectivity index (χ3v) is 2.34. The summed E-state index contributed by atoms with van der Waals surface area (Å²) in [4.78, 5) is 19.5. The summed E-state index contributed by atoms with van der Waals surface area (Å²) in [6, 6.07) is 0. The Balaban J connectivity index is 3.50. The zero-order chi connectivity index (χ0) is 11.7. The van der Waals surface area contributed by atoms with Gasteiger partial charge in [-0.15, -0.1) is 0 Å². The molecule has 0 aliphatic rings. The van der Waals surface area contributed by atoms with Gasteiger partial charge in [-0.25, -0.2) is 9.36 Å². The molecule has 0 aromatic rings. The fourth-order valence-corrected chi connectivity index (χ4v) is 1.43. The number of rotatable bonds is 8. The zero-order valence-electron chi connectivity index (χ0n) is 8.55. The molecule has 0 heterocycles. The summed E-state index contributed by atoms with van der Waals surface area (Å²) >= 11 is 0. The molecule has 0 saturated heterocycles. The molecule has 0 radical (unpaired) electrons. The second-order valence-corrected chi connectivity index (χ2v) is 3.90. The van der Waals surface area contributed by atoms with E-state index in [2.05, 4.69) is 20.4 Å². The maximum absolute atomic E-state index is 11.0. The number of carbonyl (C=O) groups is 1. The molecule has 6 nitrogen and oxygen atoms in total. The summed E-state index contributed by atoms with van der Waals surface area (Å²) in [5, 5.41) is 0. The van der Waals surface area contributed by atoms with Crippen LogP contribution >= 0.6 is 7.82 Å². The van der Waals surface area contributed by atoms with Crippen LogP contribution in [0.4, 0.5) is 0 Å². The zero-order valence-corrected chi connectivity index (χ0v) is 9.44. The monoisotopic (exact) mass is 238 g/mol. The standard InChI is InChI=1S/C8H15O6P/c1-3-8(9)12-6-5-7-14-15(10,11)13-4-2/h3H,1,4-7H2,2H3,(H,10,11). The Morgan fingerprint density at radius 2 is 2.13 bits per heavy atom. The molecule has 0 fully saturated rings. The Morgan fingerprint density at radius 1 is 1.47 bits per heavy atom. The third kappa shape index (κ3) is 8.32. The SMILES string of the molecule is C=CC(=O)OCCCOP(=O)(O)OCC. The smallest absolute Gasteiger partial charge is 0.462 e. The number of esters is 1. The van der Waals surface area contributed by atoms with Crippen LogP contribution in [0, 0.1) is 0 Å². The Hall–Kier alpha value is -0.680. The van der Waals surface area contributed by atoms with Gasteiger partial charge in [0.2, 0.25) is 0 Å². The average Bonchev–Trinajstić information content (AvgIpc) is 2.16. The molecule has 15 heavy (non-hydrogen) atoms. The highest BCUT2D eigenvalue weighted by molar-refractivity contribution is 7.47.